The third-order valence-electron chi connectivity index (χ3n) is 3.67. The molecule has 0 aromatic rings. The Kier molecular flexibility index (Phi) is 8.43. The predicted molar refractivity (Wildman–Crippen MR) is 89.6 cm³/mol. The Morgan fingerprint density at radius 1 is 1.31 bits per heavy atom. The summed E-state index contributed by atoms with van der Waals surface area (Å²) in [6.45, 7) is 1.90. The first-order valence-electron chi connectivity index (χ1n) is 7.47. The second-order valence-corrected chi connectivity index (χ2v) is 7.62. The number of guanidine groups is 1. The van der Waals surface area contributed by atoms with Crippen molar-refractivity contribution in [3.05, 3.63) is 10.1 Å². The summed E-state index contributed by atoms with van der Waals surface area (Å²) in [5, 5.41) is 19.7. The maximum Gasteiger partial charge on any atom is 0.399 e. The Morgan fingerprint density at radius 3 is 2.15 bits per heavy atom. The summed E-state index contributed by atoms with van der Waals surface area (Å²) in [5.41, 5.74) is 16.1. The number of quaternary nitrogens is 1. The van der Waals surface area contributed by atoms with E-state index in [-0.39, 0.29) is 25.3 Å². The van der Waals surface area contributed by atoms with Gasteiger partial charge in [0.05, 0.1) is 4.59 Å². The maximum absolute atomic E-state index is 12.7. The second kappa shape index (κ2) is 9.12. The molecule has 0 saturated heterocycles. The van der Waals surface area contributed by atoms with Crippen molar-refractivity contribution in [3.63, 3.8) is 0 Å². The van der Waals surface area contributed by atoms with E-state index in [1.54, 1.807) is 0 Å². The van der Waals surface area contributed by atoms with Crippen LogP contribution in [0.5, 0.6) is 0 Å². The smallest absolute Gasteiger partial charge is 0.370 e. The molecule has 2 amide bonds. The molecule has 15 heteroatoms. The zero-order chi connectivity index (χ0) is 20.9. The van der Waals surface area contributed by atoms with Crippen LogP contribution < -0.4 is 22.5 Å². The van der Waals surface area contributed by atoms with E-state index in [1.807, 2.05) is 0 Å². The minimum atomic E-state index is -5.24. The molecule has 0 heterocycles. The fourth-order valence-electron chi connectivity index (χ4n) is 2.22. The van der Waals surface area contributed by atoms with Crippen LogP contribution in [0.1, 0.15) is 26.7 Å². The van der Waals surface area contributed by atoms with E-state index in [0.717, 1.165) is 6.92 Å². The van der Waals surface area contributed by atoms with Gasteiger partial charge < -0.3 is 32.3 Å². The van der Waals surface area contributed by atoms with Crippen LogP contribution in [0.15, 0.2) is 0 Å². The Balaban J connectivity index is 5.88. The van der Waals surface area contributed by atoms with Crippen molar-refractivity contribution in [1.29, 1.82) is 5.41 Å². The van der Waals surface area contributed by atoms with Crippen molar-refractivity contribution in [1.82, 2.24) is 5.32 Å². The van der Waals surface area contributed by atoms with E-state index in [9.17, 15) is 34.1 Å². The summed E-state index contributed by atoms with van der Waals surface area (Å²) in [7, 11) is -5.24. The number of hydrogen-bond donors (Lipinski definition) is 7. The fraction of sp³-hybridized carbons (Fsp3) is 0.727. The monoisotopic (exact) mass is 398 g/mol. The Bertz CT molecular complexity index is 622. The number of nitro groups is 1. The van der Waals surface area contributed by atoms with Crippen LogP contribution in [-0.2, 0) is 14.2 Å². The van der Waals surface area contributed by atoms with Gasteiger partial charge in [0, 0.05) is 13.5 Å². The molecular formula is C11H25N7O7P+. The number of nitrogens with zero attached hydrogens (tertiary/aromatic N) is 2. The molecule has 1 unspecified atom stereocenters. The molecule has 10 N–H and O–H groups in total. The van der Waals surface area contributed by atoms with Crippen LogP contribution in [0.3, 0.4) is 0 Å². The summed E-state index contributed by atoms with van der Waals surface area (Å²) < 4.78 is 9.21. The quantitative estimate of drug-likeness (QED) is 0.0407. The van der Waals surface area contributed by atoms with Gasteiger partial charge in [-0.15, -0.1) is 0 Å². The van der Waals surface area contributed by atoms with E-state index < -0.39 is 46.9 Å². The van der Waals surface area contributed by atoms with Gasteiger partial charge in [0.15, 0.2) is 5.96 Å². The fourth-order valence-corrected chi connectivity index (χ4v) is 2.97. The van der Waals surface area contributed by atoms with Gasteiger partial charge in [0.25, 0.3) is 10.8 Å². The zero-order valence-electron chi connectivity index (χ0n) is 14.4. The molecule has 0 aliphatic heterocycles. The molecule has 4 atom stereocenters. The summed E-state index contributed by atoms with van der Waals surface area (Å²) in [6, 6.07) is -3.13. The minimum absolute atomic E-state index is 0.129. The van der Waals surface area contributed by atoms with Gasteiger partial charge in [-0.05, 0) is 19.8 Å². The summed E-state index contributed by atoms with van der Waals surface area (Å²) in [5.74, 6) is -5.63. The molecule has 26 heavy (non-hydrogen) atoms. The molecule has 150 valence electrons. The standard InChI is InChI=1S/C11H24N7O7P/c1-6(12)9(19)18(17(21)22,7(2)26(23,24)25)10(20)8(13)4-3-5-16-11(14)15/h6-8H,3-5,12-13H2,1-2H3,(H5-,14,15,16,23,24,25)/p+1/t6-,7+,8-,18?/m0/s1. The first-order chi connectivity index (χ1) is 11.7. The molecule has 0 spiro atoms. The molecule has 0 aromatic carbocycles. The predicted octanol–water partition coefficient (Wildman–Crippen LogP) is -2.49. The summed E-state index contributed by atoms with van der Waals surface area (Å²) in [4.78, 5) is 55.4. The molecular weight excluding hydrogens is 373 g/mol. The number of rotatable bonds is 9. The van der Waals surface area contributed by atoms with Crippen molar-refractivity contribution in [2.45, 2.75) is 44.6 Å². The molecule has 0 saturated carbocycles. The first kappa shape index (κ1) is 24.0. The maximum atomic E-state index is 12.7. The van der Waals surface area contributed by atoms with Crippen LogP contribution in [0, 0.1) is 15.5 Å². The highest BCUT2D eigenvalue weighted by Crippen LogP contribution is 2.46. The molecule has 0 aliphatic carbocycles. The lowest BCUT2D eigenvalue weighted by Crippen LogP contribution is -2.71. The third kappa shape index (κ3) is 5.27. The van der Waals surface area contributed by atoms with E-state index in [2.05, 4.69) is 5.32 Å². The largest absolute Gasteiger partial charge is 0.399 e. The second-order valence-electron chi connectivity index (χ2n) is 5.70. The van der Waals surface area contributed by atoms with Crippen molar-refractivity contribution < 1.29 is 33.6 Å². The Morgan fingerprint density at radius 2 is 1.81 bits per heavy atom. The average Bonchev–Trinajstić information content (AvgIpc) is 2.49. The third-order valence-corrected chi connectivity index (χ3v) is 4.98. The molecule has 0 aliphatic rings. The zero-order valence-corrected chi connectivity index (χ0v) is 15.3. The number of hydrogen-bond acceptors (Lipinski definition) is 8. The molecule has 0 fully saturated rings. The van der Waals surface area contributed by atoms with Crippen molar-refractivity contribution in [2.24, 2.45) is 17.2 Å². The van der Waals surface area contributed by atoms with E-state index in [4.69, 9.17) is 22.6 Å². The molecule has 0 bridgehead atoms. The number of imide groups is 1. The van der Waals surface area contributed by atoms with Gasteiger partial charge >= 0.3 is 19.4 Å². The van der Waals surface area contributed by atoms with Crippen LogP contribution in [0.25, 0.3) is 0 Å². The highest BCUT2D eigenvalue weighted by Gasteiger charge is 2.68. The van der Waals surface area contributed by atoms with E-state index >= 15 is 0 Å². The first-order valence-corrected chi connectivity index (χ1v) is 9.15. The van der Waals surface area contributed by atoms with Crippen LogP contribution in [0.4, 0.5) is 0 Å². The number of nitrogens with two attached hydrogens (primary N) is 3. The highest BCUT2D eigenvalue weighted by atomic mass is 31.2. The van der Waals surface area contributed by atoms with Crippen molar-refractivity contribution >= 4 is 25.4 Å². The molecule has 0 aromatic heterocycles. The van der Waals surface area contributed by atoms with Crippen LogP contribution >= 0.6 is 7.60 Å². The van der Waals surface area contributed by atoms with Crippen molar-refractivity contribution in [2.75, 3.05) is 6.54 Å². The molecule has 14 nitrogen and oxygen atoms in total. The number of carbonyl (C=O) groups is 2. The summed E-state index contributed by atoms with van der Waals surface area (Å²) >= 11 is 0. The van der Waals surface area contributed by atoms with E-state index in [0.29, 0.717) is 6.92 Å². The normalized spacial score (nSPS) is 17.5. The van der Waals surface area contributed by atoms with Crippen LogP contribution in [0.2, 0.25) is 0 Å². The lowest BCUT2D eigenvalue weighted by atomic mass is 10.1. The van der Waals surface area contributed by atoms with E-state index in [1.165, 1.54) is 0 Å². The summed E-state index contributed by atoms with van der Waals surface area (Å²) in [6.07, 6.45) is -0.00603. The topological polar surface area (TPSA) is 249 Å². The van der Waals surface area contributed by atoms with Gasteiger partial charge in [0.1, 0.15) is 12.1 Å². The minimum Gasteiger partial charge on any atom is -0.370 e. The van der Waals surface area contributed by atoms with Gasteiger partial charge in [-0.25, -0.2) is 19.7 Å². The number of carbonyl (C=O) groups excluding carboxylic acids is 2. The van der Waals surface area contributed by atoms with Crippen LogP contribution in [-0.4, -0.2) is 61.6 Å². The SMILES string of the molecule is C[C@H](N)C(=O)[N+](C(=O)[C@@H](N)CCCNC(=N)N)([C@@H](C)P(=O)(O)O)[N+](=O)[O-]. The van der Waals surface area contributed by atoms with Gasteiger partial charge in [0.2, 0.25) is 0 Å². The Labute approximate surface area is 149 Å². The Hall–Kier alpha value is -1.96. The van der Waals surface area contributed by atoms with Gasteiger partial charge in [-0.3, -0.25) is 9.97 Å². The molecule has 0 radical (unpaired) electrons. The van der Waals surface area contributed by atoms with Gasteiger partial charge in [-0.2, -0.15) is 0 Å². The lowest BCUT2D eigenvalue weighted by Gasteiger charge is -2.30. The average molecular weight is 398 g/mol. The van der Waals surface area contributed by atoms with Crippen molar-refractivity contribution in [3.8, 4) is 0 Å². The molecule has 0 rings (SSSR count). The highest BCUT2D eigenvalue weighted by molar-refractivity contribution is 7.52. The lowest BCUT2D eigenvalue weighted by molar-refractivity contribution is -1.24. The number of amides is 2. The van der Waals surface area contributed by atoms with Gasteiger partial charge in [-0.1, -0.05) is 0 Å². The number of nitrogens with one attached hydrogen (secondary N) is 2.